The quantitative estimate of drug-likeness (QED) is 0.256. The molecule has 4 aromatic rings. The van der Waals surface area contributed by atoms with Crippen LogP contribution in [0.4, 0.5) is 5.69 Å². The van der Waals surface area contributed by atoms with E-state index in [4.69, 9.17) is 4.98 Å². The Morgan fingerprint density at radius 1 is 0.895 bits per heavy atom. The number of pyridine rings is 1. The molecule has 0 atom stereocenters. The van der Waals surface area contributed by atoms with Crippen molar-refractivity contribution in [1.82, 2.24) is 19.2 Å². The molecule has 8 nitrogen and oxygen atoms in total. The van der Waals surface area contributed by atoms with Crippen molar-refractivity contribution in [2.75, 3.05) is 26.2 Å². The van der Waals surface area contributed by atoms with E-state index < -0.39 is 0 Å². The Morgan fingerprint density at radius 3 is 2.37 bits per heavy atom. The third-order valence-corrected chi connectivity index (χ3v) is 7.92. The Bertz CT molecular complexity index is 1470. The molecule has 38 heavy (non-hydrogen) atoms. The van der Waals surface area contributed by atoms with E-state index in [1.807, 2.05) is 42.6 Å². The summed E-state index contributed by atoms with van der Waals surface area (Å²) >= 11 is 0. The van der Waals surface area contributed by atoms with Crippen LogP contribution in [-0.4, -0.2) is 56.2 Å². The molecular weight excluding hydrogens is 478 g/mol. The summed E-state index contributed by atoms with van der Waals surface area (Å²) in [6.07, 6.45) is 6.45. The highest BCUT2D eigenvalue weighted by Gasteiger charge is 2.30. The molecule has 1 aliphatic carbocycles. The van der Waals surface area contributed by atoms with E-state index in [0.29, 0.717) is 12.5 Å². The summed E-state index contributed by atoms with van der Waals surface area (Å²) in [4.78, 5) is 33.3. The van der Waals surface area contributed by atoms with Crippen molar-refractivity contribution < 1.29 is 9.72 Å². The zero-order valence-corrected chi connectivity index (χ0v) is 21.3. The third kappa shape index (κ3) is 4.79. The lowest BCUT2D eigenvalue weighted by Gasteiger charge is -2.36. The number of carbonyl (C=O) groups excluding carboxylic acids is 1. The van der Waals surface area contributed by atoms with E-state index in [2.05, 4.69) is 26.3 Å². The molecule has 6 rings (SSSR count). The molecule has 1 saturated carbocycles. The van der Waals surface area contributed by atoms with Crippen molar-refractivity contribution >= 4 is 17.2 Å². The van der Waals surface area contributed by atoms with Gasteiger partial charge in [-0.15, -0.1) is 0 Å². The maximum absolute atomic E-state index is 12.9. The molecule has 1 aliphatic heterocycles. The van der Waals surface area contributed by atoms with Gasteiger partial charge in [0, 0.05) is 62.5 Å². The number of hydrogen-bond acceptors (Lipinski definition) is 5. The fourth-order valence-electron chi connectivity index (χ4n) is 5.81. The van der Waals surface area contributed by atoms with Crippen LogP contribution in [0.25, 0.3) is 28.0 Å². The summed E-state index contributed by atoms with van der Waals surface area (Å²) < 4.78 is 2.12. The van der Waals surface area contributed by atoms with Gasteiger partial charge in [-0.1, -0.05) is 55.3 Å². The second kappa shape index (κ2) is 10.4. The van der Waals surface area contributed by atoms with Crippen LogP contribution in [0, 0.1) is 16.0 Å². The Morgan fingerprint density at radius 2 is 1.63 bits per heavy atom. The first-order valence-electron chi connectivity index (χ1n) is 13.4. The zero-order valence-electron chi connectivity index (χ0n) is 21.3. The van der Waals surface area contributed by atoms with Gasteiger partial charge in [-0.05, 0) is 36.1 Å². The molecule has 0 bridgehead atoms. The van der Waals surface area contributed by atoms with Crippen molar-refractivity contribution in [2.45, 2.75) is 32.2 Å². The monoisotopic (exact) mass is 509 g/mol. The Balaban J connectivity index is 1.31. The first-order chi connectivity index (χ1) is 18.6. The van der Waals surface area contributed by atoms with Crippen molar-refractivity contribution in [3.8, 4) is 22.4 Å². The smallest absolute Gasteiger partial charge is 0.270 e. The lowest BCUT2D eigenvalue weighted by Crippen LogP contribution is -2.49. The van der Waals surface area contributed by atoms with Gasteiger partial charge in [-0.3, -0.25) is 19.8 Å². The number of benzene rings is 2. The lowest BCUT2D eigenvalue weighted by atomic mass is 10.1. The predicted octanol–water partition coefficient (Wildman–Crippen LogP) is 5.41. The molecule has 2 aromatic carbocycles. The van der Waals surface area contributed by atoms with Gasteiger partial charge in [0.1, 0.15) is 5.65 Å². The number of nitro groups is 1. The minimum Gasteiger partial charge on any atom is -0.340 e. The number of piperazine rings is 1. The van der Waals surface area contributed by atoms with E-state index in [0.717, 1.165) is 72.7 Å². The molecule has 8 heteroatoms. The largest absolute Gasteiger partial charge is 0.340 e. The maximum Gasteiger partial charge on any atom is 0.270 e. The van der Waals surface area contributed by atoms with Crippen LogP contribution in [0.3, 0.4) is 0 Å². The fraction of sp³-hybridized carbons (Fsp3) is 0.333. The SMILES string of the molecule is O=C(C1CCCC1)N1CCN(Cc2c(-c3ccccc3)nc3ccc(-c4cccc([N+](=O)[O-])c4)cn23)CC1. The standard InChI is InChI=1S/C30H31N5O3/c36-30(23-9-4-5-10-23)33-17-15-32(16-18-33)21-27-29(22-7-2-1-3-8-22)31-28-14-13-25(20-34(27)28)24-11-6-12-26(19-24)35(37)38/h1-3,6-8,11-14,19-20,23H,4-5,9-10,15-18,21H2. The van der Waals surface area contributed by atoms with E-state index in [1.54, 1.807) is 12.1 Å². The Kier molecular flexibility index (Phi) is 6.64. The molecule has 194 valence electrons. The molecule has 1 saturated heterocycles. The first-order valence-corrected chi connectivity index (χ1v) is 13.4. The van der Waals surface area contributed by atoms with Crippen molar-refractivity contribution in [3.63, 3.8) is 0 Å². The van der Waals surface area contributed by atoms with Crippen LogP contribution in [0.2, 0.25) is 0 Å². The van der Waals surface area contributed by atoms with Gasteiger partial charge < -0.3 is 9.30 Å². The van der Waals surface area contributed by atoms with Crippen molar-refractivity contribution in [2.24, 2.45) is 5.92 Å². The summed E-state index contributed by atoms with van der Waals surface area (Å²) in [5, 5.41) is 11.3. The zero-order chi connectivity index (χ0) is 26.1. The summed E-state index contributed by atoms with van der Waals surface area (Å²) in [6.45, 7) is 3.86. The number of amides is 1. The molecule has 2 aliphatic rings. The highest BCUT2D eigenvalue weighted by Crippen LogP contribution is 2.30. The Hall–Kier alpha value is -4.04. The van der Waals surface area contributed by atoms with Gasteiger partial charge >= 0.3 is 0 Å². The number of fused-ring (bicyclic) bond motifs is 1. The molecule has 2 aromatic heterocycles. The topological polar surface area (TPSA) is 84.0 Å². The molecule has 0 unspecified atom stereocenters. The highest BCUT2D eigenvalue weighted by molar-refractivity contribution is 5.79. The number of nitrogens with zero attached hydrogens (tertiary/aromatic N) is 5. The summed E-state index contributed by atoms with van der Waals surface area (Å²) in [5.74, 6) is 0.556. The molecule has 2 fully saturated rings. The van der Waals surface area contributed by atoms with Crippen molar-refractivity contribution in [1.29, 1.82) is 0 Å². The Labute approximate surface area is 221 Å². The number of carbonyl (C=O) groups is 1. The molecule has 0 spiro atoms. The summed E-state index contributed by atoms with van der Waals surface area (Å²) in [6, 6.07) is 20.9. The maximum atomic E-state index is 12.9. The number of non-ortho nitro benzene ring substituents is 1. The van der Waals surface area contributed by atoms with Gasteiger partial charge in [-0.2, -0.15) is 0 Å². The van der Waals surface area contributed by atoms with E-state index in [1.165, 1.54) is 18.9 Å². The van der Waals surface area contributed by atoms with E-state index in [-0.39, 0.29) is 16.5 Å². The normalized spacial score (nSPS) is 16.8. The lowest BCUT2D eigenvalue weighted by molar-refractivity contribution is -0.384. The van der Waals surface area contributed by atoms with E-state index in [9.17, 15) is 14.9 Å². The molecule has 3 heterocycles. The van der Waals surface area contributed by atoms with Crippen LogP contribution in [0.5, 0.6) is 0 Å². The predicted molar refractivity (Wildman–Crippen MR) is 147 cm³/mol. The molecular formula is C30H31N5O3. The average molecular weight is 510 g/mol. The first kappa shape index (κ1) is 24.3. The highest BCUT2D eigenvalue weighted by atomic mass is 16.6. The second-order valence-corrected chi connectivity index (χ2v) is 10.3. The van der Waals surface area contributed by atoms with Crippen LogP contribution >= 0.6 is 0 Å². The van der Waals surface area contributed by atoms with Gasteiger partial charge in [0.05, 0.1) is 16.3 Å². The van der Waals surface area contributed by atoms with Crippen LogP contribution in [0.1, 0.15) is 31.4 Å². The fourth-order valence-corrected chi connectivity index (χ4v) is 5.81. The number of imidazole rings is 1. The number of hydrogen-bond donors (Lipinski definition) is 0. The van der Waals surface area contributed by atoms with Gasteiger partial charge in [0.25, 0.3) is 5.69 Å². The minimum atomic E-state index is -0.366. The number of rotatable bonds is 6. The minimum absolute atomic E-state index is 0.0726. The second-order valence-electron chi connectivity index (χ2n) is 10.3. The van der Waals surface area contributed by atoms with E-state index >= 15 is 0 Å². The average Bonchev–Trinajstić information content (AvgIpc) is 3.62. The van der Waals surface area contributed by atoms with Crippen molar-refractivity contribution in [3.05, 3.63) is 88.7 Å². The van der Waals surface area contributed by atoms with Gasteiger partial charge in [0.15, 0.2) is 0 Å². The van der Waals surface area contributed by atoms with Gasteiger partial charge in [0.2, 0.25) is 5.91 Å². The molecule has 1 amide bonds. The van der Waals surface area contributed by atoms with Crippen LogP contribution < -0.4 is 0 Å². The molecule has 0 radical (unpaired) electrons. The third-order valence-electron chi connectivity index (χ3n) is 7.92. The molecule has 0 N–H and O–H groups in total. The number of aromatic nitrogens is 2. The van der Waals surface area contributed by atoms with Gasteiger partial charge in [-0.25, -0.2) is 4.98 Å². The summed E-state index contributed by atoms with van der Waals surface area (Å²) in [7, 11) is 0. The van der Waals surface area contributed by atoms with Crippen LogP contribution in [-0.2, 0) is 11.3 Å². The number of nitro benzene ring substituents is 1. The van der Waals surface area contributed by atoms with Crippen LogP contribution in [0.15, 0.2) is 72.9 Å². The summed E-state index contributed by atoms with van der Waals surface area (Å²) in [5.41, 5.74) is 5.66.